The van der Waals surface area contributed by atoms with Gasteiger partial charge in [0.25, 0.3) is 0 Å². The molecule has 1 saturated carbocycles. The van der Waals surface area contributed by atoms with E-state index in [-0.39, 0.29) is 5.41 Å². The van der Waals surface area contributed by atoms with Crippen molar-refractivity contribution in [2.24, 2.45) is 11.8 Å². The Bertz CT molecular complexity index is 529. The molecule has 0 N–H and O–H groups in total. The summed E-state index contributed by atoms with van der Waals surface area (Å²) < 4.78 is 12.0. The van der Waals surface area contributed by atoms with Crippen molar-refractivity contribution >= 4 is 11.3 Å². The average Bonchev–Trinajstić information content (AvgIpc) is 2.86. The molecule has 2 unspecified atom stereocenters. The Kier molecular flexibility index (Phi) is 3.13. The van der Waals surface area contributed by atoms with Gasteiger partial charge in [0, 0.05) is 10.8 Å². The van der Waals surface area contributed by atoms with Crippen LogP contribution in [0.3, 0.4) is 0 Å². The minimum atomic E-state index is 0.127. The first-order chi connectivity index (χ1) is 9.28. The van der Waals surface area contributed by atoms with Crippen molar-refractivity contribution in [1.29, 1.82) is 0 Å². The molecule has 0 amide bonds. The third-order valence-electron chi connectivity index (χ3n) is 5.60. The van der Waals surface area contributed by atoms with E-state index in [1.807, 2.05) is 11.3 Å². The van der Waals surface area contributed by atoms with Crippen LogP contribution in [-0.2, 0) is 10.8 Å². The molecule has 1 aliphatic heterocycles. The first kappa shape index (κ1) is 14.2. The average molecular weight is 294 g/mol. The highest BCUT2D eigenvalue weighted by atomic mass is 32.1. The van der Waals surface area contributed by atoms with Gasteiger partial charge in [-0.05, 0) is 18.3 Å². The molecule has 3 heteroatoms. The van der Waals surface area contributed by atoms with Crippen LogP contribution in [-0.4, -0.2) is 13.2 Å². The Morgan fingerprint density at radius 3 is 2.25 bits per heavy atom. The summed E-state index contributed by atoms with van der Waals surface area (Å²) in [5, 5.41) is 0. The molecule has 20 heavy (non-hydrogen) atoms. The Morgan fingerprint density at radius 1 is 1.20 bits per heavy atom. The number of rotatable bonds is 3. The van der Waals surface area contributed by atoms with E-state index in [4.69, 9.17) is 9.47 Å². The lowest BCUT2D eigenvalue weighted by molar-refractivity contribution is 0.166. The fourth-order valence-electron chi connectivity index (χ4n) is 2.91. The summed E-state index contributed by atoms with van der Waals surface area (Å²) in [6.07, 6.45) is 1.27. The monoisotopic (exact) mass is 294 g/mol. The largest absolute Gasteiger partial charge is 0.485 e. The lowest BCUT2D eigenvalue weighted by Gasteiger charge is -2.30. The summed E-state index contributed by atoms with van der Waals surface area (Å²) in [6.45, 7) is 15.3. The number of hydrogen-bond acceptors (Lipinski definition) is 3. The molecular formula is C17H26O2S. The summed E-state index contributed by atoms with van der Waals surface area (Å²) in [4.78, 5) is 2.79. The molecule has 0 spiro atoms. The first-order valence-corrected chi connectivity index (χ1v) is 8.53. The zero-order valence-electron chi connectivity index (χ0n) is 13.5. The van der Waals surface area contributed by atoms with Gasteiger partial charge in [0.2, 0.25) is 0 Å². The summed E-state index contributed by atoms with van der Waals surface area (Å²) in [5.41, 5.74) is 0.433. The summed E-state index contributed by atoms with van der Waals surface area (Å²) >= 11 is 1.93. The zero-order chi connectivity index (χ0) is 14.7. The van der Waals surface area contributed by atoms with Gasteiger partial charge in [-0.15, -0.1) is 11.3 Å². The molecule has 1 aromatic rings. The Hall–Kier alpha value is -0.700. The van der Waals surface area contributed by atoms with Crippen molar-refractivity contribution in [3.8, 4) is 11.5 Å². The van der Waals surface area contributed by atoms with E-state index in [9.17, 15) is 0 Å². The van der Waals surface area contributed by atoms with Crippen LogP contribution < -0.4 is 9.47 Å². The van der Waals surface area contributed by atoms with E-state index < -0.39 is 0 Å². The smallest absolute Gasteiger partial charge is 0.176 e. The van der Waals surface area contributed by atoms with Gasteiger partial charge < -0.3 is 9.47 Å². The minimum Gasteiger partial charge on any atom is -0.485 e. The molecule has 0 saturated heterocycles. The maximum atomic E-state index is 6.02. The van der Waals surface area contributed by atoms with Gasteiger partial charge in [-0.2, -0.15) is 0 Å². The molecule has 0 radical (unpaired) electrons. The van der Waals surface area contributed by atoms with Crippen LogP contribution in [0.25, 0.3) is 0 Å². The van der Waals surface area contributed by atoms with E-state index in [2.05, 4.69) is 41.5 Å². The van der Waals surface area contributed by atoms with Gasteiger partial charge in [-0.3, -0.25) is 0 Å². The van der Waals surface area contributed by atoms with Crippen LogP contribution in [0.5, 0.6) is 11.5 Å². The maximum absolute atomic E-state index is 6.02. The second-order valence-electron chi connectivity index (χ2n) is 7.51. The topological polar surface area (TPSA) is 18.5 Å². The van der Waals surface area contributed by atoms with Crippen LogP contribution in [0.15, 0.2) is 0 Å². The normalized spacial score (nSPS) is 28.9. The third kappa shape index (κ3) is 1.89. The SMILES string of the molecule is CC(C)C(C)(C)c1sc(C2(C)CC2C)c2c1OCCO2. The van der Waals surface area contributed by atoms with Crippen molar-refractivity contribution in [3.05, 3.63) is 9.75 Å². The molecule has 0 aromatic carbocycles. The zero-order valence-corrected chi connectivity index (χ0v) is 14.3. The summed E-state index contributed by atoms with van der Waals surface area (Å²) in [6, 6.07) is 0. The molecule has 2 nitrogen and oxygen atoms in total. The van der Waals surface area contributed by atoms with Gasteiger partial charge in [0.05, 0.1) is 9.75 Å². The molecule has 3 rings (SSSR count). The minimum absolute atomic E-state index is 0.127. The number of ether oxygens (including phenoxy) is 2. The Balaban J connectivity index is 2.13. The van der Waals surface area contributed by atoms with Gasteiger partial charge in [0.1, 0.15) is 13.2 Å². The van der Waals surface area contributed by atoms with Crippen LogP contribution in [0, 0.1) is 11.8 Å². The lowest BCUT2D eigenvalue weighted by atomic mass is 9.79. The number of hydrogen-bond donors (Lipinski definition) is 0. The quantitative estimate of drug-likeness (QED) is 0.801. The molecular weight excluding hydrogens is 268 g/mol. The summed E-state index contributed by atoms with van der Waals surface area (Å²) in [7, 11) is 0. The second kappa shape index (κ2) is 4.40. The van der Waals surface area contributed by atoms with Gasteiger partial charge in [-0.25, -0.2) is 0 Å². The van der Waals surface area contributed by atoms with Crippen molar-refractivity contribution in [3.63, 3.8) is 0 Å². The molecule has 1 fully saturated rings. The predicted octanol–water partition coefficient (Wildman–Crippen LogP) is 4.75. The molecule has 2 heterocycles. The summed E-state index contributed by atoms with van der Waals surface area (Å²) in [5.74, 6) is 3.42. The lowest BCUT2D eigenvalue weighted by Crippen LogP contribution is -2.25. The molecule has 1 aromatic heterocycles. The van der Waals surface area contributed by atoms with E-state index in [0.717, 1.165) is 17.4 Å². The molecule has 0 bridgehead atoms. The fraction of sp³-hybridized carbons (Fsp3) is 0.765. The van der Waals surface area contributed by atoms with Crippen molar-refractivity contribution in [2.45, 2.75) is 58.8 Å². The molecule has 1 aliphatic carbocycles. The van der Waals surface area contributed by atoms with Crippen molar-refractivity contribution < 1.29 is 9.47 Å². The fourth-order valence-corrected chi connectivity index (χ4v) is 4.62. The van der Waals surface area contributed by atoms with E-state index in [0.29, 0.717) is 24.5 Å². The predicted molar refractivity (Wildman–Crippen MR) is 84.3 cm³/mol. The Morgan fingerprint density at radius 2 is 1.75 bits per heavy atom. The van der Waals surface area contributed by atoms with Crippen molar-refractivity contribution in [2.75, 3.05) is 13.2 Å². The second-order valence-corrected chi connectivity index (χ2v) is 8.54. The van der Waals surface area contributed by atoms with E-state index in [1.165, 1.54) is 16.2 Å². The highest BCUT2D eigenvalue weighted by Crippen LogP contribution is 2.63. The van der Waals surface area contributed by atoms with Crippen LogP contribution in [0.1, 0.15) is 57.7 Å². The molecule has 112 valence electrons. The van der Waals surface area contributed by atoms with Crippen molar-refractivity contribution in [1.82, 2.24) is 0 Å². The van der Waals surface area contributed by atoms with E-state index >= 15 is 0 Å². The van der Waals surface area contributed by atoms with Gasteiger partial charge >= 0.3 is 0 Å². The molecule has 2 atom stereocenters. The highest BCUT2D eigenvalue weighted by molar-refractivity contribution is 7.13. The van der Waals surface area contributed by atoms with Crippen LogP contribution in [0.2, 0.25) is 0 Å². The van der Waals surface area contributed by atoms with Gasteiger partial charge in [-0.1, -0.05) is 41.5 Å². The van der Waals surface area contributed by atoms with Gasteiger partial charge in [0.15, 0.2) is 11.5 Å². The number of thiophene rings is 1. The molecule has 2 aliphatic rings. The standard InChI is InChI=1S/C17H26O2S/c1-10(2)16(4,5)14-12-13(19-8-7-18-12)15(20-14)17(6)9-11(17)3/h10-11H,7-9H2,1-6H3. The number of fused-ring (bicyclic) bond motifs is 1. The third-order valence-corrected chi connectivity index (χ3v) is 7.38. The van der Waals surface area contributed by atoms with E-state index in [1.54, 1.807) is 0 Å². The Labute approximate surface area is 126 Å². The first-order valence-electron chi connectivity index (χ1n) is 7.72. The highest BCUT2D eigenvalue weighted by Gasteiger charge is 2.53. The maximum Gasteiger partial charge on any atom is 0.176 e. The van der Waals surface area contributed by atoms with Crippen LogP contribution >= 0.6 is 11.3 Å². The van der Waals surface area contributed by atoms with Crippen LogP contribution in [0.4, 0.5) is 0 Å².